The maximum Gasteiger partial charge on any atom is 0.0742 e. The van der Waals surface area contributed by atoms with Crippen molar-refractivity contribution in [3.05, 3.63) is 0 Å². The Bertz CT molecular complexity index is 82.0. The van der Waals surface area contributed by atoms with Crippen LogP contribution >= 0.6 is 0 Å². The maximum atomic E-state index is 8.11. The van der Waals surface area contributed by atoms with E-state index in [0.717, 1.165) is 13.1 Å². The molecule has 0 heterocycles. The smallest absolute Gasteiger partial charge is 0.0742 e. The summed E-state index contributed by atoms with van der Waals surface area (Å²) in [4.78, 5) is 0. The fourth-order valence-electron chi connectivity index (χ4n) is 0.750. The lowest BCUT2D eigenvalue weighted by molar-refractivity contribution is 0.110. The zero-order valence-electron chi connectivity index (χ0n) is 11.9. The Hall–Kier alpha value is -0.120. The van der Waals surface area contributed by atoms with E-state index in [0.29, 0.717) is 0 Å². The number of unbranched alkanes of at least 4 members (excludes halogenated alkanes) is 3. The molecule has 1 atom stereocenters. The molecule has 16 heavy (non-hydrogen) atoms. The monoisotopic (exact) mass is 235 g/mol. The Morgan fingerprint density at radius 3 is 1.31 bits per heavy atom. The second-order valence-corrected chi connectivity index (χ2v) is 3.70. The Kier molecular flexibility index (Phi) is 32.1. The van der Waals surface area contributed by atoms with Crippen molar-refractivity contribution in [1.82, 2.24) is 5.32 Å². The largest absolute Gasteiger partial charge is 0.394 e. The van der Waals surface area contributed by atoms with Crippen LogP contribution in [-0.4, -0.2) is 36.0 Å². The van der Waals surface area contributed by atoms with Crippen LogP contribution in [-0.2, 0) is 0 Å². The van der Waals surface area contributed by atoms with Crippen molar-refractivity contribution in [1.29, 1.82) is 0 Å². The average Bonchev–Trinajstić information content (AvgIpc) is 2.29. The molecule has 0 fully saturated rings. The van der Waals surface area contributed by atoms with E-state index >= 15 is 0 Å². The van der Waals surface area contributed by atoms with Crippen molar-refractivity contribution < 1.29 is 10.2 Å². The lowest BCUT2D eigenvalue weighted by Crippen LogP contribution is -2.09. The van der Waals surface area contributed by atoms with Gasteiger partial charge in [-0.3, -0.25) is 0 Å². The molecule has 3 heteroatoms. The molecule has 0 amide bonds. The molecule has 0 saturated heterocycles. The summed E-state index contributed by atoms with van der Waals surface area (Å²) in [6, 6.07) is 0. The van der Waals surface area contributed by atoms with E-state index in [2.05, 4.69) is 33.0 Å². The third-order valence-corrected chi connectivity index (χ3v) is 1.72. The summed E-state index contributed by atoms with van der Waals surface area (Å²) < 4.78 is 0. The zero-order valence-corrected chi connectivity index (χ0v) is 11.9. The first-order valence-electron chi connectivity index (χ1n) is 6.60. The van der Waals surface area contributed by atoms with E-state index in [1.165, 1.54) is 32.6 Å². The molecule has 0 aliphatic rings. The van der Waals surface area contributed by atoms with Crippen LogP contribution in [0.15, 0.2) is 0 Å². The Balaban J connectivity index is -0.000000160. The summed E-state index contributed by atoms with van der Waals surface area (Å²) in [5.41, 5.74) is 0. The highest BCUT2D eigenvalue weighted by molar-refractivity contribution is 4.34. The Morgan fingerprint density at radius 1 is 0.938 bits per heavy atom. The molecular weight excluding hydrogens is 202 g/mol. The molecule has 0 rings (SSSR count). The molecule has 0 aliphatic carbocycles. The Morgan fingerprint density at radius 2 is 1.25 bits per heavy atom. The molecule has 0 aliphatic heterocycles. The fraction of sp³-hybridized carbons (Fsp3) is 1.00. The van der Waals surface area contributed by atoms with Gasteiger partial charge in [0.05, 0.1) is 12.7 Å². The quantitative estimate of drug-likeness (QED) is 0.620. The first kappa shape index (κ1) is 21.2. The zero-order chi connectivity index (χ0) is 13.2. The minimum Gasteiger partial charge on any atom is -0.394 e. The van der Waals surface area contributed by atoms with Gasteiger partial charge in [-0.2, -0.15) is 0 Å². The molecule has 0 aromatic carbocycles. The normalized spacial score (nSPS) is 10.7. The molecule has 3 nitrogen and oxygen atoms in total. The van der Waals surface area contributed by atoms with E-state index in [1.54, 1.807) is 0 Å². The van der Waals surface area contributed by atoms with Gasteiger partial charge in [0, 0.05) is 0 Å². The maximum absolute atomic E-state index is 8.11. The van der Waals surface area contributed by atoms with E-state index in [9.17, 15) is 0 Å². The molecule has 3 N–H and O–H groups in total. The number of aliphatic hydroxyl groups excluding tert-OH is 2. The standard InChI is InChI=1S/C6H14.C4H11N.C3H8O2/c1-3-5-6-4-2;1-3-5-4-2;1-3(5)2-4/h3-6H2,1-2H3;5H,3-4H2,1-2H3;3-5H,2H2,1H3. The van der Waals surface area contributed by atoms with Gasteiger partial charge >= 0.3 is 0 Å². The molecule has 0 aromatic heterocycles. The van der Waals surface area contributed by atoms with Gasteiger partial charge in [0.2, 0.25) is 0 Å². The van der Waals surface area contributed by atoms with Crippen LogP contribution in [0.1, 0.15) is 60.3 Å². The van der Waals surface area contributed by atoms with Crippen molar-refractivity contribution in [2.45, 2.75) is 66.4 Å². The molecule has 0 saturated carbocycles. The summed E-state index contributed by atoms with van der Waals surface area (Å²) >= 11 is 0. The van der Waals surface area contributed by atoms with Crippen molar-refractivity contribution in [2.24, 2.45) is 0 Å². The molecule has 0 aromatic rings. The molecular formula is C13H33NO2. The van der Waals surface area contributed by atoms with Gasteiger partial charge in [-0.05, 0) is 20.0 Å². The summed E-state index contributed by atoms with van der Waals surface area (Å²) in [5, 5.41) is 19.1. The van der Waals surface area contributed by atoms with E-state index in [1.807, 2.05) is 0 Å². The highest BCUT2D eigenvalue weighted by atomic mass is 16.3. The van der Waals surface area contributed by atoms with Gasteiger partial charge in [-0.15, -0.1) is 0 Å². The summed E-state index contributed by atoms with van der Waals surface area (Å²) in [6.07, 6.45) is 4.98. The first-order chi connectivity index (χ1) is 7.60. The van der Waals surface area contributed by atoms with Crippen molar-refractivity contribution in [2.75, 3.05) is 19.7 Å². The van der Waals surface area contributed by atoms with E-state index in [4.69, 9.17) is 10.2 Å². The van der Waals surface area contributed by atoms with Crippen LogP contribution < -0.4 is 5.32 Å². The molecule has 1 unspecified atom stereocenters. The van der Waals surface area contributed by atoms with Crippen LogP contribution in [0.25, 0.3) is 0 Å². The van der Waals surface area contributed by atoms with Crippen molar-refractivity contribution >= 4 is 0 Å². The molecule has 0 radical (unpaired) electrons. The SMILES string of the molecule is CC(O)CO.CCCCCC.CCNCC. The highest BCUT2D eigenvalue weighted by Crippen LogP contribution is 1.95. The van der Waals surface area contributed by atoms with Gasteiger partial charge < -0.3 is 15.5 Å². The molecule has 0 spiro atoms. The summed E-state index contributed by atoms with van der Waals surface area (Å²) in [6.45, 7) is 12.2. The Labute approximate surface area is 102 Å². The van der Waals surface area contributed by atoms with Gasteiger partial charge in [-0.25, -0.2) is 0 Å². The summed E-state index contributed by atoms with van der Waals surface area (Å²) in [7, 11) is 0. The molecule has 0 bridgehead atoms. The number of nitrogens with one attached hydrogen (secondary N) is 1. The number of hydrogen-bond acceptors (Lipinski definition) is 3. The van der Waals surface area contributed by atoms with E-state index < -0.39 is 6.10 Å². The number of rotatable bonds is 6. The predicted molar refractivity (Wildman–Crippen MR) is 72.8 cm³/mol. The third kappa shape index (κ3) is 48.6. The van der Waals surface area contributed by atoms with Gasteiger partial charge in [0.1, 0.15) is 0 Å². The first-order valence-corrected chi connectivity index (χ1v) is 6.60. The molecule has 102 valence electrons. The third-order valence-electron chi connectivity index (χ3n) is 1.72. The minimum atomic E-state index is -0.560. The topological polar surface area (TPSA) is 52.5 Å². The summed E-state index contributed by atoms with van der Waals surface area (Å²) in [5.74, 6) is 0. The average molecular weight is 235 g/mol. The van der Waals surface area contributed by atoms with Gasteiger partial charge in [-0.1, -0.05) is 53.4 Å². The second-order valence-electron chi connectivity index (χ2n) is 3.70. The van der Waals surface area contributed by atoms with Crippen LogP contribution in [0.2, 0.25) is 0 Å². The fourth-order valence-corrected chi connectivity index (χ4v) is 0.750. The number of hydrogen-bond donors (Lipinski definition) is 3. The van der Waals surface area contributed by atoms with Gasteiger partial charge in [0.15, 0.2) is 0 Å². The predicted octanol–water partition coefficient (Wildman–Crippen LogP) is 2.56. The van der Waals surface area contributed by atoms with Crippen LogP contribution in [0.5, 0.6) is 0 Å². The highest BCUT2D eigenvalue weighted by Gasteiger charge is 1.83. The van der Waals surface area contributed by atoms with Crippen LogP contribution in [0.3, 0.4) is 0 Å². The van der Waals surface area contributed by atoms with Crippen molar-refractivity contribution in [3.63, 3.8) is 0 Å². The minimum absolute atomic E-state index is 0.139. The lowest BCUT2D eigenvalue weighted by Gasteiger charge is -1.90. The van der Waals surface area contributed by atoms with E-state index in [-0.39, 0.29) is 6.61 Å². The second kappa shape index (κ2) is 24.2. The van der Waals surface area contributed by atoms with Crippen LogP contribution in [0, 0.1) is 0 Å². The van der Waals surface area contributed by atoms with Crippen LogP contribution in [0.4, 0.5) is 0 Å². The van der Waals surface area contributed by atoms with Gasteiger partial charge in [0.25, 0.3) is 0 Å². The van der Waals surface area contributed by atoms with Crippen molar-refractivity contribution in [3.8, 4) is 0 Å². The lowest BCUT2D eigenvalue weighted by atomic mass is 10.2. The number of aliphatic hydroxyl groups is 2.